The Hall–Kier alpha value is -0.760. The number of alkyl halides is 1. The number of anilines is 1. The molecule has 0 bridgehead atoms. The predicted molar refractivity (Wildman–Crippen MR) is 53.3 cm³/mol. The van der Waals surface area contributed by atoms with E-state index >= 15 is 0 Å². The third-order valence-electron chi connectivity index (χ3n) is 1.40. The molecule has 0 radical (unpaired) electrons. The molecule has 0 unspecified atom stereocenters. The fraction of sp³-hybridized carbons (Fsp3) is 0.125. The van der Waals surface area contributed by atoms with Crippen LogP contribution in [0.5, 0.6) is 0 Å². The lowest BCUT2D eigenvalue weighted by Crippen LogP contribution is -1.89. The highest BCUT2D eigenvalue weighted by Crippen LogP contribution is 2.15. The van der Waals surface area contributed by atoms with Gasteiger partial charge in [0.2, 0.25) is 0 Å². The molecule has 0 aliphatic rings. The molecule has 11 heavy (non-hydrogen) atoms. The van der Waals surface area contributed by atoms with E-state index in [4.69, 9.17) is 11.0 Å². The number of benzene rings is 1. The molecule has 0 saturated carbocycles. The molecule has 2 N–H and O–H groups in total. The Morgan fingerprint density at radius 2 is 2.27 bits per heavy atom. The van der Waals surface area contributed by atoms with E-state index in [0.717, 1.165) is 9.99 Å². The molecule has 0 aliphatic heterocycles. The topological polar surface area (TPSA) is 49.8 Å². The third kappa shape index (κ3) is 1.84. The maximum atomic E-state index is 8.67. The zero-order chi connectivity index (χ0) is 8.27. The van der Waals surface area contributed by atoms with Gasteiger partial charge in [0.1, 0.15) is 0 Å². The molecule has 1 aromatic rings. The standard InChI is InChI=1S/C8H7IN2/c9-4-6-1-2-8(11)3-7(6)5-10/h1-3H,4,11H2. The van der Waals surface area contributed by atoms with Crippen molar-refractivity contribution < 1.29 is 0 Å². The summed E-state index contributed by atoms with van der Waals surface area (Å²) in [5.74, 6) is 0. The summed E-state index contributed by atoms with van der Waals surface area (Å²) in [4.78, 5) is 0. The Morgan fingerprint density at radius 3 is 2.82 bits per heavy atom. The van der Waals surface area contributed by atoms with Crippen LogP contribution in [0.2, 0.25) is 0 Å². The second-order valence-corrected chi connectivity index (χ2v) is 2.92. The highest BCUT2D eigenvalue weighted by molar-refractivity contribution is 14.1. The molecule has 1 rings (SSSR count). The monoisotopic (exact) mass is 258 g/mol. The van der Waals surface area contributed by atoms with Gasteiger partial charge in [-0.25, -0.2) is 0 Å². The highest BCUT2D eigenvalue weighted by Gasteiger charge is 1.99. The first-order valence-corrected chi connectivity index (χ1v) is 4.65. The van der Waals surface area contributed by atoms with E-state index < -0.39 is 0 Å². The van der Waals surface area contributed by atoms with Crippen LogP contribution in [-0.2, 0) is 4.43 Å². The zero-order valence-electron chi connectivity index (χ0n) is 5.84. The molecule has 0 atom stereocenters. The van der Waals surface area contributed by atoms with Gasteiger partial charge < -0.3 is 5.73 Å². The lowest BCUT2D eigenvalue weighted by atomic mass is 10.1. The van der Waals surface area contributed by atoms with Gasteiger partial charge in [-0.1, -0.05) is 28.7 Å². The molecule has 0 fully saturated rings. The average molecular weight is 258 g/mol. The van der Waals surface area contributed by atoms with E-state index in [1.807, 2.05) is 12.1 Å². The van der Waals surface area contributed by atoms with Gasteiger partial charge in [0.15, 0.2) is 0 Å². The van der Waals surface area contributed by atoms with Crippen molar-refractivity contribution in [3.63, 3.8) is 0 Å². The van der Waals surface area contributed by atoms with Crippen molar-refractivity contribution in [1.82, 2.24) is 0 Å². The van der Waals surface area contributed by atoms with E-state index in [9.17, 15) is 0 Å². The van der Waals surface area contributed by atoms with Crippen LogP contribution in [0.1, 0.15) is 11.1 Å². The molecule has 0 aliphatic carbocycles. The summed E-state index contributed by atoms with van der Waals surface area (Å²) in [5, 5.41) is 8.67. The molecular weight excluding hydrogens is 251 g/mol. The van der Waals surface area contributed by atoms with Crippen LogP contribution in [0.25, 0.3) is 0 Å². The normalized spacial score (nSPS) is 9.09. The smallest absolute Gasteiger partial charge is 0.0995 e. The van der Waals surface area contributed by atoms with Gasteiger partial charge in [-0.3, -0.25) is 0 Å². The van der Waals surface area contributed by atoms with Crippen LogP contribution in [0.3, 0.4) is 0 Å². The van der Waals surface area contributed by atoms with Crippen LogP contribution >= 0.6 is 22.6 Å². The summed E-state index contributed by atoms with van der Waals surface area (Å²) in [5.41, 5.74) is 7.88. The molecule has 3 heteroatoms. The number of rotatable bonds is 1. The van der Waals surface area contributed by atoms with Gasteiger partial charge in [0.05, 0.1) is 11.6 Å². The molecule has 0 amide bonds. The minimum Gasteiger partial charge on any atom is -0.399 e. The van der Waals surface area contributed by atoms with Crippen molar-refractivity contribution >= 4 is 28.3 Å². The fourth-order valence-corrected chi connectivity index (χ4v) is 1.48. The van der Waals surface area contributed by atoms with Gasteiger partial charge in [0.25, 0.3) is 0 Å². The quantitative estimate of drug-likeness (QED) is 0.476. The first-order chi connectivity index (χ1) is 5.27. The van der Waals surface area contributed by atoms with Gasteiger partial charge in [-0.2, -0.15) is 5.26 Å². The maximum absolute atomic E-state index is 8.67. The van der Waals surface area contributed by atoms with Crippen molar-refractivity contribution in [2.24, 2.45) is 0 Å². The summed E-state index contributed by atoms with van der Waals surface area (Å²) in [6, 6.07) is 7.51. The minimum atomic E-state index is 0.648. The van der Waals surface area contributed by atoms with E-state index in [0.29, 0.717) is 11.3 Å². The summed E-state index contributed by atoms with van der Waals surface area (Å²) >= 11 is 2.22. The van der Waals surface area contributed by atoms with Crippen LogP contribution < -0.4 is 5.73 Å². The first-order valence-electron chi connectivity index (χ1n) is 3.12. The van der Waals surface area contributed by atoms with Crippen molar-refractivity contribution in [2.45, 2.75) is 4.43 Å². The Labute approximate surface area is 79.2 Å². The largest absolute Gasteiger partial charge is 0.399 e. The Morgan fingerprint density at radius 1 is 1.55 bits per heavy atom. The van der Waals surface area contributed by atoms with Crippen molar-refractivity contribution in [3.8, 4) is 6.07 Å². The van der Waals surface area contributed by atoms with E-state index in [1.54, 1.807) is 6.07 Å². The van der Waals surface area contributed by atoms with Crippen molar-refractivity contribution in [3.05, 3.63) is 29.3 Å². The molecule has 1 aromatic carbocycles. The number of nitriles is 1. The average Bonchev–Trinajstić information content (AvgIpc) is 2.04. The summed E-state index contributed by atoms with van der Waals surface area (Å²) < 4.78 is 0.848. The van der Waals surface area contributed by atoms with Crippen LogP contribution in [0.15, 0.2) is 18.2 Å². The number of nitrogens with zero attached hydrogens (tertiary/aromatic N) is 1. The molecule has 0 spiro atoms. The van der Waals surface area contributed by atoms with Gasteiger partial charge >= 0.3 is 0 Å². The molecule has 2 nitrogen and oxygen atoms in total. The van der Waals surface area contributed by atoms with Crippen molar-refractivity contribution in [1.29, 1.82) is 5.26 Å². The minimum absolute atomic E-state index is 0.648. The molecule has 56 valence electrons. The molecule has 0 heterocycles. The SMILES string of the molecule is N#Cc1cc(N)ccc1CI. The molecular formula is C8H7IN2. The lowest BCUT2D eigenvalue weighted by Gasteiger charge is -1.99. The number of nitrogen functional groups attached to an aromatic ring is 1. The molecule has 0 aromatic heterocycles. The lowest BCUT2D eigenvalue weighted by molar-refractivity contribution is 1.38. The second kappa shape index (κ2) is 3.58. The summed E-state index contributed by atoms with van der Waals surface area (Å²) in [6.45, 7) is 0. The fourth-order valence-electron chi connectivity index (χ4n) is 0.815. The van der Waals surface area contributed by atoms with E-state index in [-0.39, 0.29) is 0 Å². The van der Waals surface area contributed by atoms with Crippen molar-refractivity contribution in [2.75, 3.05) is 5.73 Å². The first kappa shape index (κ1) is 8.34. The zero-order valence-corrected chi connectivity index (χ0v) is 8.00. The number of hydrogen-bond acceptors (Lipinski definition) is 2. The van der Waals surface area contributed by atoms with Gasteiger partial charge in [-0.05, 0) is 17.7 Å². The van der Waals surface area contributed by atoms with E-state index in [1.165, 1.54) is 0 Å². The van der Waals surface area contributed by atoms with Crippen LogP contribution in [-0.4, -0.2) is 0 Å². The maximum Gasteiger partial charge on any atom is 0.0995 e. The van der Waals surface area contributed by atoms with Crippen LogP contribution in [0.4, 0.5) is 5.69 Å². The number of nitrogens with two attached hydrogens (primary N) is 1. The summed E-state index contributed by atoms with van der Waals surface area (Å²) in [6.07, 6.45) is 0. The van der Waals surface area contributed by atoms with E-state index in [2.05, 4.69) is 28.7 Å². The highest BCUT2D eigenvalue weighted by atomic mass is 127. The Balaban J connectivity index is 3.19. The Kier molecular flexibility index (Phi) is 2.71. The molecule has 0 saturated heterocycles. The Bertz CT molecular complexity index is 301. The number of hydrogen-bond donors (Lipinski definition) is 1. The van der Waals surface area contributed by atoms with Gasteiger partial charge in [-0.15, -0.1) is 0 Å². The van der Waals surface area contributed by atoms with Gasteiger partial charge in [0, 0.05) is 10.1 Å². The predicted octanol–water partition coefficient (Wildman–Crippen LogP) is 2.08. The number of halogens is 1. The third-order valence-corrected chi connectivity index (χ3v) is 2.22. The van der Waals surface area contributed by atoms with Crippen LogP contribution in [0, 0.1) is 11.3 Å². The summed E-state index contributed by atoms with van der Waals surface area (Å²) in [7, 11) is 0. The second-order valence-electron chi connectivity index (χ2n) is 2.16.